The van der Waals surface area contributed by atoms with Crippen molar-refractivity contribution in [3.05, 3.63) is 4.88 Å². The van der Waals surface area contributed by atoms with Gasteiger partial charge in [0.25, 0.3) is 5.91 Å². The number of anilines is 2. The third-order valence-corrected chi connectivity index (χ3v) is 4.37. The third kappa shape index (κ3) is 4.25. The number of thiophene rings is 1. The van der Waals surface area contributed by atoms with Gasteiger partial charge in [0.1, 0.15) is 15.6 Å². The smallest absolute Gasteiger partial charge is 0.263 e. The first kappa shape index (κ1) is 15.9. The molecule has 0 radical (unpaired) electrons. The Morgan fingerprint density at radius 3 is 2.86 bits per heavy atom. The zero-order valence-corrected chi connectivity index (χ0v) is 13.3. The number of nitrogen functional groups attached to an aromatic ring is 1. The van der Waals surface area contributed by atoms with Gasteiger partial charge in [-0.2, -0.15) is 0 Å². The van der Waals surface area contributed by atoms with Crippen LogP contribution in [0.2, 0.25) is 0 Å². The number of methoxy groups -OCH3 is 1. The molecule has 1 aliphatic carbocycles. The summed E-state index contributed by atoms with van der Waals surface area (Å²) < 4.78 is 10.9. The van der Waals surface area contributed by atoms with Crippen LogP contribution < -0.4 is 21.1 Å². The van der Waals surface area contributed by atoms with Gasteiger partial charge in [0.2, 0.25) is 0 Å². The Hall–Kier alpha value is -1.47. The summed E-state index contributed by atoms with van der Waals surface area (Å²) in [6.07, 6.45) is 2.58. The molecule has 0 aliphatic heterocycles. The molecule has 0 bridgehead atoms. The van der Waals surface area contributed by atoms with Crippen LogP contribution >= 0.6 is 11.3 Å². The van der Waals surface area contributed by atoms with Crippen LogP contribution in [-0.2, 0) is 4.74 Å². The summed E-state index contributed by atoms with van der Waals surface area (Å²) in [6.45, 7) is 4.58. The molecule has 1 aromatic rings. The minimum Gasteiger partial charge on any atom is -0.492 e. The SMILES string of the molecule is CCNC(=O)c1sc(NCCOCC2CC2)c(OC)c1N. The zero-order chi connectivity index (χ0) is 15.2. The average Bonchev–Trinajstić information content (AvgIpc) is 3.22. The van der Waals surface area contributed by atoms with E-state index in [-0.39, 0.29) is 5.91 Å². The zero-order valence-electron chi connectivity index (χ0n) is 12.5. The molecular weight excluding hydrogens is 290 g/mol. The Labute approximate surface area is 129 Å². The summed E-state index contributed by atoms with van der Waals surface area (Å²) in [4.78, 5) is 12.4. The van der Waals surface area contributed by atoms with E-state index in [0.717, 1.165) is 17.5 Å². The number of ether oxygens (including phenoxy) is 2. The Bertz CT molecular complexity index is 486. The van der Waals surface area contributed by atoms with Gasteiger partial charge in [0.15, 0.2) is 5.75 Å². The molecule has 118 valence electrons. The van der Waals surface area contributed by atoms with Crippen LogP contribution in [0.3, 0.4) is 0 Å². The van der Waals surface area contributed by atoms with Crippen LogP contribution in [-0.4, -0.2) is 39.3 Å². The second-order valence-electron chi connectivity index (χ2n) is 5.01. The van der Waals surface area contributed by atoms with Gasteiger partial charge >= 0.3 is 0 Å². The van der Waals surface area contributed by atoms with Crippen LogP contribution in [0.5, 0.6) is 5.75 Å². The van der Waals surface area contributed by atoms with E-state index >= 15 is 0 Å². The van der Waals surface area contributed by atoms with E-state index in [2.05, 4.69) is 10.6 Å². The maximum absolute atomic E-state index is 11.9. The summed E-state index contributed by atoms with van der Waals surface area (Å²) in [5.41, 5.74) is 6.36. The Balaban J connectivity index is 1.90. The molecule has 0 spiro atoms. The molecule has 1 aliphatic rings. The number of nitrogens with one attached hydrogen (secondary N) is 2. The number of amides is 1. The highest BCUT2D eigenvalue weighted by Gasteiger charge is 2.22. The third-order valence-electron chi connectivity index (χ3n) is 3.23. The van der Waals surface area contributed by atoms with Crippen molar-refractivity contribution in [1.82, 2.24) is 5.32 Å². The van der Waals surface area contributed by atoms with Crippen LogP contribution in [0.1, 0.15) is 29.4 Å². The van der Waals surface area contributed by atoms with Crippen molar-refractivity contribution in [2.75, 3.05) is 44.5 Å². The van der Waals surface area contributed by atoms with Crippen LogP contribution in [0, 0.1) is 5.92 Å². The molecule has 1 aromatic heterocycles. The number of nitrogens with two attached hydrogens (primary N) is 1. The molecule has 1 fully saturated rings. The second-order valence-corrected chi connectivity index (χ2v) is 6.03. The number of rotatable bonds is 9. The topological polar surface area (TPSA) is 85.6 Å². The molecule has 2 rings (SSSR count). The molecule has 1 heterocycles. The molecule has 1 amide bonds. The summed E-state index contributed by atoms with van der Waals surface area (Å²) in [5, 5.41) is 6.74. The maximum atomic E-state index is 11.9. The van der Waals surface area contributed by atoms with Gasteiger partial charge in [-0.25, -0.2) is 0 Å². The Kier molecular flexibility index (Phi) is 5.69. The molecule has 0 unspecified atom stereocenters. The van der Waals surface area contributed by atoms with E-state index in [9.17, 15) is 4.79 Å². The van der Waals surface area contributed by atoms with E-state index in [0.29, 0.717) is 36.0 Å². The summed E-state index contributed by atoms with van der Waals surface area (Å²) >= 11 is 1.31. The van der Waals surface area contributed by atoms with E-state index in [4.69, 9.17) is 15.2 Å². The van der Waals surface area contributed by atoms with Gasteiger partial charge in [-0.05, 0) is 25.7 Å². The fourth-order valence-corrected chi connectivity index (χ4v) is 2.96. The fraction of sp³-hybridized carbons (Fsp3) is 0.643. The maximum Gasteiger partial charge on any atom is 0.263 e. The predicted molar refractivity (Wildman–Crippen MR) is 85.3 cm³/mol. The molecule has 0 atom stereocenters. The average molecular weight is 313 g/mol. The lowest BCUT2D eigenvalue weighted by atomic mass is 10.3. The van der Waals surface area contributed by atoms with E-state index in [1.807, 2.05) is 6.92 Å². The largest absolute Gasteiger partial charge is 0.492 e. The van der Waals surface area contributed by atoms with Crippen molar-refractivity contribution < 1.29 is 14.3 Å². The number of hydrogen-bond acceptors (Lipinski definition) is 6. The van der Waals surface area contributed by atoms with Crippen molar-refractivity contribution in [3.8, 4) is 5.75 Å². The van der Waals surface area contributed by atoms with E-state index in [1.165, 1.54) is 24.2 Å². The molecule has 1 saturated carbocycles. The molecule has 7 heteroatoms. The van der Waals surface area contributed by atoms with E-state index in [1.54, 1.807) is 7.11 Å². The minimum absolute atomic E-state index is 0.170. The van der Waals surface area contributed by atoms with Gasteiger partial charge in [0.05, 0.1) is 13.7 Å². The van der Waals surface area contributed by atoms with Gasteiger partial charge in [0, 0.05) is 19.7 Å². The normalized spacial score (nSPS) is 14.0. The molecule has 0 aromatic carbocycles. The van der Waals surface area contributed by atoms with Crippen molar-refractivity contribution >= 4 is 27.9 Å². The molecule has 4 N–H and O–H groups in total. The summed E-state index contributed by atoms with van der Waals surface area (Å²) in [7, 11) is 1.55. The second kappa shape index (κ2) is 7.51. The Morgan fingerprint density at radius 1 is 1.48 bits per heavy atom. The minimum atomic E-state index is -0.170. The lowest BCUT2D eigenvalue weighted by molar-refractivity contribution is 0.0960. The number of carbonyl (C=O) groups is 1. The Morgan fingerprint density at radius 2 is 2.24 bits per heavy atom. The van der Waals surface area contributed by atoms with E-state index < -0.39 is 0 Å². The summed E-state index contributed by atoms with van der Waals surface area (Å²) in [6, 6.07) is 0. The first-order valence-corrected chi connectivity index (χ1v) is 8.05. The molecule has 0 saturated heterocycles. The lowest BCUT2D eigenvalue weighted by Crippen LogP contribution is -2.22. The number of carbonyl (C=O) groups excluding carboxylic acids is 1. The molecule has 6 nitrogen and oxygen atoms in total. The van der Waals surface area contributed by atoms with Crippen molar-refractivity contribution in [1.29, 1.82) is 0 Å². The quantitative estimate of drug-likeness (QED) is 0.607. The van der Waals surface area contributed by atoms with Crippen LogP contribution in [0.15, 0.2) is 0 Å². The fourth-order valence-electron chi connectivity index (χ4n) is 1.93. The van der Waals surface area contributed by atoms with Gasteiger partial charge in [-0.1, -0.05) is 0 Å². The standard InChI is InChI=1S/C14H23N3O3S/c1-3-16-13(18)12-10(15)11(19-2)14(21-12)17-6-7-20-8-9-4-5-9/h9,17H,3-8,15H2,1-2H3,(H,16,18). The molecule has 21 heavy (non-hydrogen) atoms. The van der Waals surface area contributed by atoms with Crippen molar-refractivity contribution in [2.24, 2.45) is 5.92 Å². The van der Waals surface area contributed by atoms with Gasteiger partial charge < -0.3 is 25.8 Å². The lowest BCUT2D eigenvalue weighted by Gasteiger charge is -2.07. The molecular formula is C14H23N3O3S. The first-order valence-electron chi connectivity index (χ1n) is 7.23. The van der Waals surface area contributed by atoms with Crippen molar-refractivity contribution in [2.45, 2.75) is 19.8 Å². The summed E-state index contributed by atoms with van der Waals surface area (Å²) in [5.74, 6) is 1.13. The van der Waals surface area contributed by atoms with Gasteiger partial charge in [-0.15, -0.1) is 11.3 Å². The predicted octanol–water partition coefficient (Wildman–Crippen LogP) is 1.93. The highest BCUT2D eigenvalue weighted by molar-refractivity contribution is 7.19. The highest BCUT2D eigenvalue weighted by Crippen LogP contribution is 2.42. The van der Waals surface area contributed by atoms with Gasteiger partial charge in [-0.3, -0.25) is 4.79 Å². The van der Waals surface area contributed by atoms with Crippen molar-refractivity contribution in [3.63, 3.8) is 0 Å². The first-order chi connectivity index (χ1) is 10.2. The highest BCUT2D eigenvalue weighted by atomic mass is 32.1. The van der Waals surface area contributed by atoms with Crippen LogP contribution in [0.4, 0.5) is 10.7 Å². The number of hydrogen-bond donors (Lipinski definition) is 3. The monoisotopic (exact) mass is 313 g/mol. The van der Waals surface area contributed by atoms with Crippen LogP contribution in [0.25, 0.3) is 0 Å².